The summed E-state index contributed by atoms with van der Waals surface area (Å²) in [5, 5.41) is 8.73. The second kappa shape index (κ2) is 5.87. The SMILES string of the molecule is CNC(=S)NCCN(C)c1csnc1C. The Balaban J connectivity index is 2.34. The lowest BCUT2D eigenvalue weighted by molar-refractivity contribution is 0.812. The highest BCUT2D eigenvalue weighted by atomic mass is 32.1. The van der Waals surface area contributed by atoms with Gasteiger partial charge < -0.3 is 15.5 Å². The number of hydrogen-bond donors (Lipinski definition) is 2. The van der Waals surface area contributed by atoms with Gasteiger partial charge in [-0.1, -0.05) is 0 Å². The van der Waals surface area contributed by atoms with E-state index in [2.05, 4.69) is 32.3 Å². The van der Waals surface area contributed by atoms with Crippen LogP contribution in [0.2, 0.25) is 0 Å². The molecule has 0 atom stereocenters. The molecule has 0 aliphatic carbocycles. The lowest BCUT2D eigenvalue weighted by Crippen LogP contribution is -2.37. The monoisotopic (exact) mass is 244 g/mol. The number of aromatic nitrogens is 1. The summed E-state index contributed by atoms with van der Waals surface area (Å²) in [5.41, 5.74) is 2.27. The maximum absolute atomic E-state index is 4.98. The zero-order valence-corrected chi connectivity index (χ0v) is 10.8. The van der Waals surface area contributed by atoms with Crippen molar-refractivity contribution < 1.29 is 0 Å². The van der Waals surface area contributed by atoms with Crippen molar-refractivity contribution >= 4 is 34.6 Å². The number of rotatable bonds is 4. The first-order chi connectivity index (χ1) is 7.15. The molecule has 1 aromatic rings. The third-order valence-corrected chi connectivity index (χ3v) is 3.15. The summed E-state index contributed by atoms with van der Waals surface area (Å²) >= 11 is 6.47. The summed E-state index contributed by atoms with van der Waals surface area (Å²) in [6.07, 6.45) is 0. The van der Waals surface area contributed by atoms with Gasteiger partial charge in [0.2, 0.25) is 0 Å². The Morgan fingerprint density at radius 2 is 2.40 bits per heavy atom. The van der Waals surface area contributed by atoms with Crippen LogP contribution >= 0.6 is 23.8 Å². The first kappa shape index (κ1) is 12.2. The number of nitrogens with zero attached hydrogens (tertiary/aromatic N) is 2. The maximum Gasteiger partial charge on any atom is 0.166 e. The van der Waals surface area contributed by atoms with Crippen LogP contribution in [0.1, 0.15) is 5.69 Å². The van der Waals surface area contributed by atoms with E-state index in [0.29, 0.717) is 5.11 Å². The smallest absolute Gasteiger partial charge is 0.166 e. The summed E-state index contributed by atoms with van der Waals surface area (Å²) in [6.45, 7) is 3.75. The molecule has 15 heavy (non-hydrogen) atoms. The zero-order valence-electron chi connectivity index (χ0n) is 9.20. The molecule has 0 saturated heterocycles. The van der Waals surface area contributed by atoms with Gasteiger partial charge in [-0.15, -0.1) is 0 Å². The van der Waals surface area contributed by atoms with Crippen molar-refractivity contribution in [1.82, 2.24) is 15.0 Å². The number of thiocarbonyl (C=S) groups is 1. The summed E-state index contributed by atoms with van der Waals surface area (Å²) in [6, 6.07) is 0. The number of hydrogen-bond acceptors (Lipinski definition) is 4. The van der Waals surface area contributed by atoms with E-state index in [4.69, 9.17) is 12.2 Å². The first-order valence-electron chi connectivity index (χ1n) is 4.73. The van der Waals surface area contributed by atoms with Crippen LogP contribution in [0.15, 0.2) is 5.38 Å². The van der Waals surface area contributed by atoms with Crippen LogP contribution in [0.3, 0.4) is 0 Å². The number of aryl methyl sites for hydroxylation is 1. The van der Waals surface area contributed by atoms with Crippen molar-refractivity contribution in [3.63, 3.8) is 0 Å². The van der Waals surface area contributed by atoms with Crippen molar-refractivity contribution in [2.75, 3.05) is 32.1 Å². The Morgan fingerprint density at radius 3 is 2.93 bits per heavy atom. The predicted octanol–water partition coefficient (Wildman–Crippen LogP) is 0.982. The average Bonchev–Trinajstić information content (AvgIpc) is 2.64. The van der Waals surface area contributed by atoms with Crippen molar-refractivity contribution in [2.24, 2.45) is 0 Å². The normalized spacial score (nSPS) is 9.80. The molecule has 0 aliphatic rings. The zero-order chi connectivity index (χ0) is 11.3. The van der Waals surface area contributed by atoms with Gasteiger partial charge in [0.1, 0.15) is 0 Å². The van der Waals surface area contributed by atoms with E-state index >= 15 is 0 Å². The van der Waals surface area contributed by atoms with E-state index in [1.54, 1.807) is 0 Å². The second-order valence-corrected chi connectivity index (χ2v) is 4.25. The molecule has 1 aromatic heterocycles. The van der Waals surface area contributed by atoms with Gasteiger partial charge in [-0.25, -0.2) is 0 Å². The third kappa shape index (κ3) is 3.64. The molecule has 0 amide bonds. The molecule has 84 valence electrons. The third-order valence-electron chi connectivity index (χ3n) is 2.10. The second-order valence-electron chi connectivity index (χ2n) is 3.21. The van der Waals surface area contributed by atoms with Gasteiger partial charge in [0.15, 0.2) is 5.11 Å². The molecule has 0 aliphatic heterocycles. The fourth-order valence-corrected chi connectivity index (χ4v) is 2.06. The van der Waals surface area contributed by atoms with E-state index < -0.39 is 0 Å². The van der Waals surface area contributed by atoms with Gasteiger partial charge in [-0.3, -0.25) is 0 Å². The van der Waals surface area contributed by atoms with Gasteiger partial charge >= 0.3 is 0 Å². The van der Waals surface area contributed by atoms with Gasteiger partial charge in [-0.2, -0.15) is 4.37 Å². The molecule has 0 aromatic carbocycles. The molecular formula is C9H16N4S2. The molecule has 0 radical (unpaired) electrons. The fraction of sp³-hybridized carbons (Fsp3) is 0.556. The lowest BCUT2D eigenvalue weighted by Gasteiger charge is -2.18. The average molecular weight is 244 g/mol. The van der Waals surface area contributed by atoms with Gasteiger partial charge in [-0.05, 0) is 30.7 Å². The van der Waals surface area contributed by atoms with Crippen molar-refractivity contribution in [3.05, 3.63) is 11.1 Å². The highest BCUT2D eigenvalue weighted by molar-refractivity contribution is 7.80. The molecule has 1 rings (SSSR count). The topological polar surface area (TPSA) is 40.2 Å². The molecule has 0 unspecified atom stereocenters. The summed E-state index contributed by atoms with van der Waals surface area (Å²) in [4.78, 5) is 2.17. The molecule has 2 N–H and O–H groups in total. The standard InChI is InChI=1S/C9H16N4S2/c1-7-8(6-15-12-7)13(3)5-4-11-9(14)10-2/h6H,4-5H2,1-3H3,(H2,10,11,14). The minimum absolute atomic E-state index is 0.684. The highest BCUT2D eigenvalue weighted by Gasteiger charge is 2.05. The Kier molecular flexibility index (Phi) is 4.77. The summed E-state index contributed by atoms with van der Waals surface area (Å²) in [7, 11) is 3.87. The van der Waals surface area contributed by atoms with E-state index in [1.165, 1.54) is 17.2 Å². The van der Waals surface area contributed by atoms with Gasteiger partial charge in [0, 0.05) is 32.6 Å². The molecular weight excluding hydrogens is 228 g/mol. The van der Waals surface area contributed by atoms with Gasteiger partial charge in [0.05, 0.1) is 11.4 Å². The highest BCUT2D eigenvalue weighted by Crippen LogP contribution is 2.18. The Hall–Kier alpha value is -0.880. The van der Waals surface area contributed by atoms with Crippen LogP contribution in [-0.4, -0.2) is 36.7 Å². The molecule has 0 fully saturated rings. The number of anilines is 1. The van der Waals surface area contributed by atoms with Crippen LogP contribution in [0.25, 0.3) is 0 Å². The van der Waals surface area contributed by atoms with Crippen LogP contribution < -0.4 is 15.5 Å². The molecule has 0 spiro atoms. The van der Waals surface area contributed by atoms with Gasteiger partial charge in [0.25, 0.3) is 0 Å². The molecule has 1 heterocycles. The number of likely N-dealkylation sites (N-methyl/N-ethyl adjacent to an activating group) is 1. The lowest BCUT2D eigenvalue weighted by atomic mass is 10.3. The van der Waals surface area contributed by atoms with E-state index in [-0.39, 0.29) is 0 Å². The Labute approximate surface area is 99.8 Å². The number of nitrogens with one attached hydrogen (secondary N) is 2. The summed E-state index contributed by atoms with van der Waals surface area (Å²) in [5.74, 6) is 0. The minimum atomic E-state index is 0.684. The van der Waals surface area contributed by atoms with Crippen LogP contribution in [-0.2, 0) is 0 Å². The minimum Gasteiger partial charge on any atom is -0.371 e. The first-order valence-corrected chi connectivity index (χ1v) is 5.97. The van der Waals surface area contributed by atoms with Crippen LogP contribution in [0.4, 0.5) is 5.69 Å². The van der Waals surface area contributed by atoms with E-state index in [1.807, 2.05) is 14.0 Å². The largest absolute Gasteiger partial charge is 0.371 e. The Morgan fingerprint density at radius 1 is 1.67 bits per heavy atom. The van der Waals surface area contributed by atoms with Crippen molar-refractivity contribution in [3.8, 4) is 0 Å². The molecule has 0 saturated carbocycles. The maximum atomic E-state index is 4.98. The quantitative estimate of drug-likeness (QED) is 0.773. The Bertz CT molecular complexity index is 324. The van der Waals surface area contributed by atoms with Crippen LogP contribution in [0.5, 0.6) is 0 Å². The summed E-state index contributed by atoms with van der Waals surface area (Å²) < 4.78 is 4.24. The van der Waals surface area contributed by atoms with Crippen molar-refractivity contribution in [1.29, 1.82) is 0 Å². The molecule has 6 heteroatoms. The van der Waals surface area contributed by atoms with Crippen molar-refractivity contribution in [2.45, 2.75) is 6.92 Å². The van der Waals surface area contributed by atoms with E-state index in [9.17, 15) is 0 Å². The van der Waals surface area contributed by atoms with E-state index in [0.717, 1.165) is 18.8 Å². The predicted molar refractivity (Wildman–Crippen MR) is 69.8 cm³/mol. The molecule has 4 nitrogen and oxygen atoms in total. The van der Waals surface area contributed by atoms with Crippen LogP contribution in [0, 0.1) is 6.92 Å². The fourth-order valence-electron chi connectivity index (χ4n) is 1.20. The molecule has 0 bridgehead atoms.